The van der Waals surface area contributed by atoms with Gasteiger partial charge in [-0.05, 0) is 30.5 Å². The first-order valence-corrected chi connectivity index (χ1v) is 11.9. The molecular weight excluding hydrogens is 458 g/mol. The molecule has 1 fully saturated rings. The molecule has 2 aromatic heterocycles. The SMILES string of the molecule is COc1ccccc1C(=O)NCc1ccc(-c2nc(C3CCC(CO)OC3)n3ccnc(N)c23)cc1. The summed E-state index contributed by atoms with van der Waals surface area (Å²) in [7, 11) is 1.55. The summed E-state index contributed by atoms with van der Waals surface area (Å²) < 4.78 is 13.1. The van der Waals surface area contributed by atoms with E-state index in [4.69, 9.17) is 20.2 Å². The predicted molar refractivity (Wildman–Crippen MR) is 136 cm³/mol. The number of aromatic nitrogens is 3. The molecule has 0 aliphatic carbocycles. The lowest BCUT2D eigenvalue weighted by Gasteiger charge is -2.27. The molecule has 2 atom stereocenters. The molecule has 0 spiro atoms. The van der Waals surface area contributed by atoms with Gasteiger partial charge in [0.05, 0.1) is 32.0 Å². The van der Waals surface area contributed by atoms with E-state index >= 15 is 0 Å². The number of benzene rings is 2. The maximum atomic E-state index is 12.6. The van der Waals surface area contributed by atoms with Crippen molar-refractivity contribution >= 4 is 17.2 Å². The van der Waals surface area contributed by atoms with Gasteiger partial charge < -0.3 is 25.6 Å². The number of nitrogens with one attached hydrogen (secondary N) is 1. The van der Waals surface area contributed by atoms with Crippen LogP contribution < -0.4 is 15.8 Å². The van der Waals surface area contributed by atoms with Gasteiger partial charge in [-0.25, -0.2) is 9.97 Å². The van der Waals surface area contributed by atoms with Gasteiger partial charge in [-0.15, -0.1) is 0 Å². The van der Waals surface area contributed by atoms with Crippen LogP contribution in [0.25, 0.3) is 16.8 Å². The van der Waals surface area contributed by atoms with Gasteiger partial charge in [0.15, 0.2) is 0 Å². The van der Waals surface area contributed by atoms with Crippen molar-refractivity contribution in [2.45, 2.75) is 31.4 Å². The molecule has 2 unspecified atom stereocenters. The number of hydrogen-bond donors (Lipinski definition) is 3. The third-order valence-electron chi connectivity index (χ3n) is 6.58. The number of nitrogen functional groups attached to an aromatic ring is 1. The first-order chi connectivity index (χ1) is 17.6. The number of anilines is 1. The fourth-order valence-corrected chi connectivity index (χ4v) is 4.62. The van der Waals surface area contributed by atoms with Crippen molar-refractivity contribution in [3.05, 3.63) is 77.9 Å². The highest BCUT2D eigenvalue weighted by Gasteiger charge is 2.27. The highest BCUT2D eigenvalue weighted by atomic mass is 16.5. The van der Waals surface area contributed by atoms with Crippen molar-refractivity contribution < 1.29 is 19.4 Å². The average Bonchev–Trinajstić information content (AvgIpc) is 3.33. The quantitative estimate of drug-likeness (QED) is 0.366. The van der Waals surface area contributed by atoms with Crippen LogP contribution in [0, 0.1) is 0 Å². The number of nitrogens with two attached hydrogens (primary N) is 1. The highest BCUT2D eigenvalue weighted by Crippen LogP contribution is 2.34. The molecule has 1 aliphatic rings. The van der Waals surface area contributed by atoms with E-state index in [0.717, 1.165) is 41.0 Å². The molecule has 0 radical (unpaired) electrons. The standard InChI is InChI=1S/C27H29N5O4/c1-35-22-5-3-2-4-21(22)27(34)30-14-17-6-8-18(9-7-17)23-24-25(28)29-12-13-32(24)26(31-23)19-10-11-20(15-33)36-16-19/h2-9,12-13,19-20,33H,10-11,14-16H2,1H3,(H2,28,29)(H,30,34). The molecule has 186 valence electrons. The molecule has 9 nitrogen and oxygen atoms in total. The van der Waals surface area contributed by atoms with E-state index < -0.39 is 0 Å². The molecule has 9 heteroatoms. The van der Waals surface area contributed by atoms with Gasteiger partial charge in [-0.2, -0.15) is 0 Å². The number of para-hydroxylation sites is 1. The number of hydrogen-bond acceptors (Lipinski definition) is 7. The number of rotatable bonds is 7. The maximum absolute atomic E-state index is 12.6. The Balaban J connectivity index is 1.37. The lowest BCUT2D eigenvalue weighted by atomic mass is 9.98. The second kappa shape index (κ2) is 10.3. The van der Waals surface area contributed by atoms with E-state index in [1.165, 1.54) is 0 Å². The van der Waals surface area contributed by atoms with Crippen LogP contribution in [0.5, 0.6) is 5.75 Å². The molecular formula is C27H29N5O4. The van der Waals surface area contributed by atoms with E-state index in [1.807, 2.05) is 40.9 Å². The van der Waals surface area contributed by atoms with Crippen molar-refractivity contribution in [1.82, 2.24) is 19.7 Å². The van der Waals surface area contributed by atoms with Gasteiger partial charge in [0.25, 0.3) is 5.91 Å². The maximum Gasteiger partial charge on any atom is 0.255 e. The molecule has 0 bridgehead atoms. The topological polar surface area (TPSA) is 124 Å². The molecule has 4 aromatic rings. The second-order valence-electron chi connectivity index (χ2n) is 8.84. The Morgan fingerprint density at radius 2 is 2.03 bits per heavy atom. The second-order valence-corrected chi connectivity index (χ2v) is 8.84. The number of methoxy groups -OCH3 is 1. The van der Waals surface area contributed by atoms with Gasteiger partial charge in [-0.1, -0.05) is 36.4 Å². The fraction of sp³-hybridized carbons (Fsp3) is 0.296. The Labute approximate surface area is 208 Å². The number of imidazole rings is 1. The average molecular weight is 488 g/mol. The fourth-order valence-electron chi connectivity index (χ4n) is 4.62. The van der Waals surface area contributed by atoms with Crippen LogP contribution in [0.3, 0.4) is 0 Å². The van der Waals surface area contributed by atoms with Crippen molar-refractivity contribution in [3.8, 4) is 17.0 Å². The van der Waals surface area contributed by atoms with E-state index in [-0.39, 0.29) is 24.5 Å². The van der Waals surface area contributed by atoms with Gasteiger partial charge in [-0.3, -0.25) is 9.20 Å². The summed E-state index contributed by atoms with van der Waals surface area (Å²) in [5, 5.41) is 12.3. The molecule has 1 amide bonds. The van der Waals surface area contributed by atoms with Crippen LogP contribution in [0.15, 0.2) is 60.9 Å². The van der Waals surface area contributed by atoms with Gasteiger partial charge in [0.2, 0.25) is 0 Å². The summed E-state index contributed by atoms with van der Waals surface area (Å²) >= 11 is 0. The summed E-state index contributed by atoms with van der Waals surface area (Å²) in [5.74, 6) is 1.72. The zero-order chi connectivity index (χ0) is 25.1. The number of amides is 1. The summed E-state index contributed by atoms with van der Waals surface area (Å²) in [5.41, 5.74) is 10.1. The number of carbonyl (C=O) groups excluding carboxylic acids is 1. The molecule has 1 saturated heterocycles. The smallest absolute Gasteiger partial charge is 0.255 e. The van der Waals surface area contributed by atoms with Gasteiger partial charge >= 0.3 is 0 Å². The lowest BCUT2D eigenvalue weighted by Crippen LogP contribution is -2.28. The lowest BCUT2D eigenvalue weighted by molar-refractivity contribution is -0.0282. The first-order valence-electron chi connectivity index (χ1n) is 11.9. The zero-order valence-electron chi connectivity index (χ0n) is 20.1. The number of fused-ring (bicyclic) bond motifs is 1. The normalized spacial score (nSPS) is 17.7. The molecule has 1 aliphatic heterocycles. The Bertz CT molecular complexity index is 1360. The number of ether oxygens (including phenoxy) is 2. The third kappa shape index (κ3) is 4.62. The molecule has 0 saturated carbocycles. The minimum Gasteiger partial charge on any atom is -0.496 e. The molecule has 36 heavy (non-hydrogen) atoms. The van der Waals surface area contributed by atoms with Crippen LogP contribution in [0.2, 0.25) is 0 Å². The van der Waals surface area contributed by atoms with E-state index in [2.05, 4.69) is 10.3 Å². The Hall–Kier alpha value is -3.95. The van der Waals surface area contributed by atoms with Crippen molar-refractivity contribution in [3.63, 3.8) is 0 Å². The molecule has 2 aromatic carbocycles. The predicted octanol–water partition coefficient (Wildman–Crippen LogP) is 3.17. The van der Waals surface area contributed by atoms with E-state index in [9.17, 15) is 9.90 Å². The zero-order valence-corrected chi connectivity index (χ0v) is 20.1. The minimum atomic E-state index is -0.196. The van der Waals surface area contributed by atoms with E-state index in [1.54, 1.807) is 31.5 Å². The first kappa shape index (κ1) is 23.8. The van der Waals surface area contributed by atoms with Crippen molar-refractivity contribution in [2.75, 3.05) is 26.1 Å². The summed E-state index contributed by atoms with van der Waals surface area (Å²) in [6.07, 6.45) is 5.08. The van der Waals surface area contributed by atoms with Gasteiger partial charge in [0.1, 0.15) is 28.6 Å². The molecule has 3 heterocycles. The highest BCUT2D eigenvalue weighted by molar-refractivity contribution is 5.96. The van der Waals surface area contributed by atoms with Crippen LogP contribution >= 0.6 is 0 Å². The molecule has 5 rings (SSSR count). The van der Waals surface area contributed by atoms with E-state index in [0.29, 0.717) is 30.3 Å². The van der Waals surface area contributed by atoms with Gasteiger partial charge in [0, 0.05) is 30.4 Å². The Kier molecular flexibility index (Phi) is 6.84. The Morgan fingerprint density at radius 3 is 2.75 bits per heavy atom. The monoisotopic (exact) mass is 487 g/mol. The number of aliphatic hydroxyl groups excluding tert-OH is 1. The van der Waals surface area contributed by atoms with Crippen LogP contribution in [-0.2, 0) is 11.3 Å². The minimum absolute atomic E-state index is 0.0306. The largest absolute Gasteiger partial charge is 0.496 e. The number of aliphatic hydroxyl groups is 1. The van der Waals surface area contributed by atoms with Crippen molar-refractivity contribution in [2.24, 2.45) is 0 Å². The summed E-state index contributed by atoms with van der Waals surface area (Å²) in [6, 6.07) is 15.0. The summed E-state index contributed by atoms with van der Waals surface area (Å²) in [6.45, 7) is 0.904. The Morgan fingerprint density at radius 1 is 1.22 bits per heavy atom. The number of carbonyl (C=O) groups is 1. The molecule has 4 N–H and O–H groups in total. The van der Waals surface area contributed by atoms with Crippen LogP contribution in [0.4, 0.5) is 5.82 Å². The van der Waals surface area contributed by atoms with Crippen molar-refractivity contribution in [1.29, 1.82) is 0 Å². The van der Waals surface area contributed by atoms with Crippen LogP contribution in [0.1, 0.15) is 40.5 Å². The summed E-state index contributed by atoms with van der Waals surface area (Å²) in [4.78, 5) is 21.9. The number of nitrogens with zero attached hydrogens (tertiary/aromatic N) is 3. The third-order valence-corrected chi connectivity index (χ3v) is 6.58. The van der Waals surface area contributed by atoms with Crippen LogP contribution in [-0.4, -0.2) is 51.8 Å².